The zero-order valence-corrected chi connectivity index (χ0v) is 16.9. The third kappa shape index (κ3) is 5.13. The standard InChI is InChI=1S/C21H28N2O5/c1-5-23(19(21(25)28-4)13-20(24)27-3)12-8-11-18-16(14-26-2)15-9-6-7-10-17(15)22-18/h6-7,9-10,13,22H,5,8,11-12,14H2,1-4H3/b19-13+. The second kappa shape index (κ2) is 10.5. The lowest BCUT2D eigenvalue weighted by molar-refractivity contribution is -0.140. The van der Waals surface area contributed by atoms with E-state index < -0.39 is 11.9 Å². The zero-order chi connectivity index (χ0) is 20.5. The number of aryl methyl sites for hydroxylation is 1. The largest absolute Gasteiger partial charge is 0.466 e. The van der Waals surface area contributed by atoms with Gasteiger partial charge in [0.15, 0.2) is 0 Å². The van der Waals surface area contributed by atoms with Crippen LogP contribution in [0.1, 0.15) is 24.6 Å². The molecule has 1 aromatic carbocycles. The summed E-state index contributed by atoms with van der Waals surface area (Å²) < 4.78 is 14.8. The lowest BCUT2D eigenvalue weighted by Gasteiger charge is -2.24. The van der Waals surface area contributed by atoms with E-state index in [9.17, 15) is 9.59 Å². The molecule has 0 spiro atoms. The first-order chi connectivity index (χ1) is 13.5. The van der Waals surface area contributed by atoms with Gasteiger partial charge in [-0.25, -0.2) is 9.59 Å². The second-order valence-corrected chi connectivity index (χ2v) is 6.29. The number of carbonyl (C=O) groups is 2. The lowest BCUT2D eigenvalue weighted by atomic mass is 10.1. The van der Waals surface area contributed by atoms with Crippen LogP contribution in [0.2, 0.25) is 0 Å². The van der Waals surface area contributed by atoms with Crippen molar-refractivity contribution in [3.63, 3.8) is 0 Å². The average molecular weight is 388 g/mol. The van der Waals surface area contributed by atoms with Gasteiger partial charge in [-0.15, -0.1) is 0 Å². The van der Waals surface area contributed by atoms with E-state index in [1.54, 1.807) is 7.11 Å². The van der Waals surface area contributed by atoms with Crippen LogP contribution in [0.5, 0.6) is 0 Å². The minimum Gasteiger partial charge on any atom is -0.466 e. The molecule has 1 aromatic heterocycles. The van der Waals surface area contributed by atoms with Gasteiger partial charge in [-0.3, -0.25) is 0 Å². The molecule has 1 heterocycles. The van der Waals surface area contributed by atoms with Gasteiger partial charge in [-0.1, -0.05) is 18.2 Å². The molecular formula is C21H28N2O5. The Kier molecular flexibility index (Phi) is 8.07. The van der Waals surface area contributed by atoms with Gasteiger partial charge in [0.05, 0.1) is 26.9 Å². The molecule has 0 bridgehead atoms. The first-order valence-corrected chi connectivity index (χ1v) is 9.25. The minimum atomic E-state index is -0.586. The fourth-order valence-electron chi connectivity index (χ4n) is 3.23. The van der Waals surface area contributed by atoms with Gasteiger partial charge in [0, 0.05) is 42.4 Å². The van der Waals surface area contributed by atoms with Gasteiger partial charge >= 0.3 is 11.9 Å². The highest BCUT2D eigenvalue weighted by Crippen LogP contribution is 2.24. The third-order valence-corrected chi connectivity index (χ3v) is 4.62. The summed E-state index contributed by atoms with van der Waals surface area (Å²) in [6.07, 6.45) is 2.75. The fourth-order valence-corrected chi connectivity index (χ4v) is 3.23. The predicted molar refractivity (Wildman–Crippen MR) is 107 cm³/mol. The molecule has 2 rings (SSSR count). The zero-order valence-electron chi connectivity index (χ0n) is 16.9. The van der Waals surface area contributed by atoms with Crippen molar-refractivity contribution in [1.82, 2.24) is 9.88 Å². The quantitative estimate of drug-likeness (QED) is 0.498. The number of nitrogens with zero attached hydrogens (tertiary/aromatic N) is 1. The maximum Gasteiger partial charge on any atom is 0.354 e. The van der Waals surface area contributed by atoms with E-state index in [-0.39, 0.29) is 5.70 Å². The van der Waals surface area contributed by atoms with Crippen LogP contribution in [0.15, 0.2) is 36.0 Å². The number of aromatic nitrogens is 1. The van der Waals surface area contributed by atoms with Crippen molar-refractivity contribution in [2.45, 2.75) is 26.4 Å². The molecule has 1 N–H and O–H groups in total. The Bertz CT molecular complexity index is 840. The maximum atomic E-state index is 12.1. The van der Waals surface area contributed by atoms with Crippen molar-refractivity contribution >= 4 is 22.8 Å². The number of rotatable bonds is 10. The highest BCUT2D eigenvalue weighted by Gasteiger charge is 2.19. The molecule has 7 heteroatoms. The monoisotopic (exact) mass is 388 g/mol. The fraction of sp³-hybridized carbons (Fsp3) is 0.429. The molecular weight excluding hydrogens is 360 g/mol. The van der Waals surface area contributed by atoms with Gasteiger partial charge in [-0.2, -0.15) is 0 Å². The number of H-pyrrole nitrogens is 1. The Morgan fingerprint density at radius 2 is 1.89 bits per heavy atom. The molecule has 28 heavy (non-hydrogen) atoms. The Morgan fingerprint density at radius 1 is 1.14 bits per heavy atom. The molecule has 0 aliphatic heterocycles. The number of para-hydroxylation sites is 1. The molecule has 0 aliphatic rings. The number of fused-ring (bicyclic) bond motifs is 1. The van der Waals surface area contributed by atoms with Crippen molar-refractivity contribution in [2.75, 3.05) is 34.4 Å². The van der Waals surface area contributed by atoms with E-state index >= 15 is 0 Å². The number of benzene rings is 1. The molecule has 0 aliphatic carbocycles. The van der Waals surface area contributed by atoms with Crippen molar-refractivity contribution in [2.24, 2.45) is 0 Å². The maximum absolute atomic E-state index is 12.1. The summed E-state index contributed by atoms with van der Waals surface area (Å²) in [5.74, 6) is -1.14. The summed E-state index contributed by atoms with van der Waals surface area (Å²) in [5, 5.41) is 1.16. The van der Waals surface area contributed by atoms with E-state index in [1.807, 2.05) is 30.0 Å². The SMILES string of the molecule is CCN(CCCc1[nH]c2ccccc2c1COC)/C(=C/C(=O)OC)C(=O)OC. The number of hydrogen-bond acceptors (Lipinski definition) is 6. The molecule has 0 saturated carbocycles. The first kappa shape index (κ1) is 21.5. The topological polar surface area (TPSA) is 80.9 Å². The summed E-state index contributed by atoms with van der Waals surface area (Å²) in [7, 11) is 4.25. The number of carbonyl (C=O) groups excluding carboxylic acids is 2. The molecule has 152 valence electrons. The highest BCUT2D eigenvalue weighted by molar-refractivity contribution is 5.95. The second-order valence-electron chi connectivity index (χ2n) is 6.29. The van der Waals surface area contributed by atoms with Gasteiger partial charge < -0.3 is 24.1 Å². The van der Waals surface area contributed by atoms with Crippen LogP contribution in [0.3, 0.4) is 0 Å². The van der Waals surface area contributed by atoms with E-state index in [1.165, 1.54) is 20.3 Å². The van der Waals surface area contributed by atoms with Crippen LogP contribution in [0.25, 0.3) is 10.9 Å². The Labute approximate surface area is 165 Å². The molecule has 0 amide bonds. The molecule has 0 unspecified atom stereocenters. The van der Waals surface area contributed by atoms with E-state index in [0.29, 0.717) is 19.7 Å². The van der Waals surface area contributed by atoms with Crippen molar-refractivity contribution in [3.05, 3.63) is 47.3 Å². The van der Waals surface area contributed by atoms with Gasteiger partial charge in [0.2, 0.25) is 0 Å². The highest BCUT2D eigenvalue weighted by atomic mass is 16.5. The number of nitrogens with one attached hydrogen (secondary N) is 1. The third-order valence-electron chi connectivity index (χ3n) is 4.62. The number of aromatic amines is 1. The van der Waals surface area contributed by atoms with Crippen LogP contribution in [0.4, 0.5) is 0 Å². The lowest BCUT2D eigenvalue weighted by Crippen LogP contribution is -2.30. The number of ether oxygens (including phenoxy) is 3. The predicted octanol–water partition coefficient (Wildman–Crippen LogP) is 2.80. The smallest absolute Gasteiger partial charge is 0.354 e. The molecule has 7 nitrogen and oxygen atoms in total. The Balaban J connectivity index is 2.14. The first-order valence-electron chi connectivity index (χ1n) is 9.25. The molecule has 0 fully saturated rings. The summed E-state index contributed by atoms with van der Waals surface area (Å²) in [5.41, 5.74) is 3.55. The number of methoxy groups -OCH3 is 3. The van der Waals surface area contributed by atoms with Crippen LogP contribution in [-0.4, -0.2) is 56.2 Å². The normalized spacial score (nSPS) is 11.5. The van der Waals surface area contributed by atoms with Crippen molar-refractivity contribution in [1.29, 1.82) is 0 Å². The van der Waals surface area contributed by atoms with E-state index in [2.05, 4.69) is 15.8 Å². The Hall–Kier alpha value is -2.80. The van der Waals surface area contributed by atoms with Gasteiger partial charge in [0.1, 0.15) is 5.70 Å². The van der Waals surface area contributed by atoms with E-state index in [0.717, 1.165) is 35.0 Å². The summed E-state index contributed by atoms with van der Waals surface area (Å²) >= 11 is 0. The molecule has 0 atom stereocenters. The molecule has 0 radical (unpaired) electrons. The van der Waals surface area contributed by atoms with Gasteiger partial charge in [0.25, 0.3) is 0 Å². The van der Waals surface area contributed by atoms with Crippen LogP contribution in [-0.2, 0) is 36.8 Å². The minimum absolute atomic E-state index is 0.200. The van der Waals surface area contributed by atoms with Crippen LogP contribution >= 0.6 is 0 Å². The summed E-state index contributed by atoms with van der Waals surface area (Å²) in [4.78, 5) is 29.0. The van der Waals surface area contributed by atoms with Crippen molar-refractivity contribution < 1.29 is 23.8 Å². The van der Waals surface area contributed by atoms with Crippen LogP contribution < -0.4 is 0 Å². The molecule has 2 aromatic rings. The van der Waals surface area contributed by atoms with Crippen molar-refractivity contribution in [3.8, 4) is 0 Å². The summed E-state index contributed by atoms with van der Waals surface area (Å²) in [6, 6.07) is 8.14. The number of esters is 2. The Morgan fingerprint density at radius 3 is 2.54 bits per heavy atom. The summed E-state index contributed by atoms with van der Waals surface area (Å²) in [6.45, 7) is 3.62. The number of likely N-dealkylation sites (N-methyl/N-ethyl adjacent to an activating group) is 1. The van der Waals surface area contributed by atoms with Crippen LogP contribution in [0, 0.1) is 0 Å². The number of hydrogen-bond donors (Lipinski definition) is 1. The average Bonchev–Trinajstić information content (AvgIpc) is 3.07. The van der Waals surface area contributed by atoms with E-state index in [4.69, 9.17) is 9.47 Å². The van der Waals surface area contributed by atoms with Gasteiger partial charge in [-0.05, 0) is 25.8 Å². The molecule has 0 saturated heterocycles.